The second-order valence-corrected chi connectivity index (χ2v) is 14.5. The molecule has 0 unspecified atom stereocenters. The first-order valence-electron chi connectivity index (χ1n) is 16.8. The van der Waals surface area contributed by atoms with Crippen LogP contribution in [0.15, 0.2) is 60.1 Å². The highest BCUT2D eigenvalue weighted by molar-refractivity contribution is 7.99. The molecular weight excluding hydrogens is 666 g/mol. The van der Waals surface area contributed by atoms with Crippen LogP contribution in [-0.4, -0.2) is 71.0 Å². The first-order chi connectivity index (χ1) is 23.8. The van der Waals surface area contributed by atoms with Crippen molar-refractivity contribution in [1.29, 1.82) is 0 Å². The highest BCUT2D eigenvalue weighted by atomic mass is 32.2. The molecule has 270 valence electrons. The van der Waals surface area contributed by atoms with Crippen LogP contribution in [0, 0.1) is 26.1 Å². The fourth-order valence-corrected chi connectivity index (χ4v) is 6.84. The van der Waals surface area contributed by atoms with Gasteiger partial charge in [-0.2, -0.15) is 0 Å². The normalized spacial score (nSPS) is 15.4. The standard InChI is InChI=1S/C34H45N7O8S/c1-34(2,3)49-33(44)38-27(19-25-21-35-22-39(25)28-15-14-24(40(45)46)20-29(28)41(47)48)32(43)37-26(18-23-10-5-4-6-11-23)30(42)12-9-17-50-31-13-7-8-16-36-31/h7-8,13-16,20-23,26-27,30,42H,4-6,9-12,17-19H2,1-3H3,(H,37,43)(H,38,44)/t26-,27-,30-/m0/s1. The van der Waals surface area contributed by atoms with Crippen LogP contribution in [0.1, 0.15) is 77.8 Å². The number of carbonyl (C=O) groups excluding carboxylic acids is 2. The quantitative estimate of drug-likeness (QED) is 0.0689. The Morgan fingerprint density at radius 2 is 1.86 bits per heavy atom. The Morgan fingerprint density at radius 1 is 1.10 bits per heavy atom. The van der Waals surface area contributed by atoms with Gasteiger partial charge in [-0.15, -0.1) is 11.8 Å². The van der Waals surface area contributed by atoms with E-state index in [1.54, 1.807) is 38.7 Å². The summed E-state index contributed by atoms with van der Waals surface area (Å²) in [5.41, 5.74) is -1.53. The van der Waals surface area contributed by atoms with Crippen LogP contribution >= 0.6 is 11.8 Å². The molecule has 3 atom stereocenters. The number of thioether (sulfide) groups is 1. The number of alkyl carbamates (subject to hydrolysis) is 1. The van der Waals surface area contributed by atoms with Crippen molar-refractivity contribution in [3.8, 4) is 5.69 Å². The number of nitrogens with one attached hydrogen (secondary N) is 2. The Hall–Kier alpha value is -4.57. The van der Waals surface area contributed by atoms with Crippen LogP contribution in [0.2, 0.25) is 0 Å². The molecule has 1 aliphatic rings. The van der Waals surface area contributed by atoms with Crippen LogP contribution in [0.25, 0.3) is 5.69 Å². The maximum atomic E-state index is 14.1. The van der Waals surface area contributed by atoms with Gasteiger partial charge in [0.05, 0.1) is 39.4 Å². The Labute approximate surface area is 294 Å². The van der Waals surface area contributed by atoms with E-state index in [-0.39, 0.29) is 12.1 Å². The molecule has 0 aliphatic heterocycles. The average Bonchev–Trinajstić information content (AvgIpc) is 3.53. The van der Waals surface area contributed by atoms with E-state index in [9.17, 15) is 34.9 Å². The van der Waals surface area contributed by atoms with E-state index in [0.717, 1.165) is 55.0 Å². The van der Waals surface area contributed by atoms with Gasteiger partial charge in [0.25, 0.3) is 11.4 Å². The van der Waals surface area contributed by atoms with Crippen LogP contribution in [0.5, 0.6) is 0 Å². The van der Waals surface area contributed by atoms with Crippen molar-refractivity contribution in [2.45, 2.75) is 107 Å². The van der Waals surface area contributed by atoms with Gasteiger partial charge in [0, 0.05) is 30.6 Å². The number of hydrogen-bond donors (Lipinski definition) is 3. The smallest absolute Gasteiger partial charge is 0.408 e. The van der Waals surface area contributed by atoms with Crippen LogP contribution < -0.4 is 10.6 Å². The van der Waals surface area contributed by atoms with Crippen LogP contribution in [0.4, 0.5) is 16.2 Å². The third kappa shape index (κ3) is 11.5. The Kier molecular flexibility index (Phi) is 13.7. The minimum atomic E-state index is -1.22. The van der Waals surface area contributed by atoms with E-state index >= 15 is 0 Å². The van der Waals surface area contributed by atoms with Gasteiger partial charge in [-0.05, 0) is 69.9 Å². The molecular formula is C34H45N7O8S. The van der Waals surface area contributed by atoms with E-state index in [2.05, 4.69) is 20.6 Å². The molecule has 3 N–H and O–H groups in total. The molecule has 0 bridgehead atoms. The van der Waals surface area contributed by atoms with Crippen molar-refractivity contribution in [1.82, 2.24) is 25.2 Å². The second kappa shape index (κ2) is 17.9. The fourth-order valence-electron chi connectivity index (χ4n) is 6.01. The summed E-state index contributed by atoms with van der Waals surface area (Å²) in [6.45, 7) is 5.06. The number of aromatic nitrogens is 3. The third-order valence-electron chi connectivity index (χ3n) is 8.40. The summed E-state index contributed by atoms with van der Waals surface area (Å²) in [4.78, 5) is 57.2. The summed E-state index contributed by atoms with van der Waals surface area (Å²) in [5, 5.41) is 41.2. The molecule has 15 nitrogen and oxygen atoms in total. The van der Waals surface area contributed by atoms with Crippen LogP contribution in [0.3, 0.4) is 0 Å². The van der Waals surface area contributed by atoms with Gasteiger partial charge in [-0.3, -0.25) is 29.6 Å². The lowest BCUT2D eigenvalue weighted by Gasteiger charge is -2.32. The number of nitrogens with zero attached hydrogens (tertiary/aromatic N) is 5. The molecule has 2 heterocycles. The monoisotopic (exact) mass is 711 g/mol. The molecule has 1 fully saturated rings. The van der Waals surface area contributed by atoms with E-state index in [4.69, 9.17) is 4.74 Å². The van der Waals surface area contributed by atoms with Crippen LogP contribution in [-0.2, 0) is 16.0 Å². The number of nitro benzene ring substituents is 2. The van der Waals surface area contributed by atoms with Gasteiger partial charge >= 0.3 is 6.09 Å². The largest absolute Gasteiger partial charge is 0.444 e. The molecule has 4 rings (SSSR count). The summed E-state index contributed by atoms with van der Waals surface area (Å²) < 4.78 is 6.81. The van der Waals surface area contributed by atoms with Gasteiger partial charge in [-0.25, -0.2) is 14.8 Å². The Morgan fingerprint density at radius 3 is 2.52 bits per heavy atom. The van der Waals surface area contributed by atoms with Crippen molar-refractivity contribution < 1.29 is 29.3 Å². The number of pyridine rings is 1. The minimum absolute atomic E-state index is 0.00121. The summed E-state index contributed by atoms with van der Waals surface area (Å²) in [7, 11) is 0. The number of carbonyl (C=O) groups is 2. The lowest BCUT2D eigenvalue weighted by atomic mass is 9.83. The highest BCUT2D eigenvalue weighted by Crippen LogP contribution is 2.30. The predicted molar refractivity (Wildman–Crippen MR) is 187 cm³/mol. The lowest BCUT2D eigenvalue weighted by molar-refractivity contribution is -0.394. The SMILES string of the molecule is CC(C)(C)OC(=O)N[C@@H](Cc1cncn1-c1ccc([N+](=O)[O-])cc1[N+](=O)[O-])C(=O)N[C@@H](CC1CCCCC1)[C@@H](O)CCCSc1ccccn1. The number of imidazole rings is 1. The Bertz CT molecular complexity index is 1610. The lowest BCUT2D eigenvalue weighted by Crippen LogP contribution is -2.54. The molecule has 3 aromatic rings. The molecule has 2 aromatic heterocycles. The zero-order valence-electron chi connectivity index (χ0n) is 28.5. The number of benzene rings is 1. The van der Waals surface area contributed by atoms with E-state index in [1.807, 2.05) is 18.2 Å². The maximum Gasteiger partial charge on any atom is 0.408 e. The number of aliphatic hydroxyl groups is 1. The highest BCUT2D eigenvalue weighted by Gasteiger charge is 2.32. The van der Waals surface area contributed by atoms with Crippen molar-refractivity contribution >= 4 is 35.1 Å². The predicted octanol–water partition coefficient (Wildman–Crippen LogP) is 5.91. The molecule has 0 radical (unpaired) electrons. The fraction of sp³-hybridized carbons (Fsp3) is 0.529. The number of hydrogen-bond acceptors (Lipinski definition) is 11. The molecule has 0 spiro atoms. The molecule has 1 aromatic carbocycles. The minimum Gasteiger partial charge on any atom is -0.444 e. The maximum absolute atomic E-state index is 14.1. The number of non-ortho nitro benzene ring substituents is 1. The van der Waals surface area contributed by atoms with E-state index in [1.165, 1.54) is 23.2 Å². The zero-order valence-corrected chi connectivity index (χ0v) is 29.3. The van der Waals surface area contributed by atoms with Crippen molar-refractivity contribution in [2.75, 3.05) is 5.75 Å². The zero-order chi connectivity index (χ0) is 36.3. The number of rotatable bonds is 16. The first-order valence-corrected chi connectivity index (χ1v) is 17.8. The summed E-state index contributed by atoms with van der Waals surface area (Å²) in [6.07, 6.45) is 9.61. The summed E-state index contributed by atoms with van der Waals surface area (Å²) >= 11 is 1.59. The van der Waals surface area contributed by atoms with E-state index < -0.39 is 57.0 Å². The Balaban J connectivity index is 1.56. The number of aliphatic hydroxyl groups excluding tert-OH is 1. The van der Waals surface area contributed by atoms with Crippen molar-refractivity contribution in [3.63, 3.8) is 0 Å². The molecule has 2 amide bonds. The summed E-state index contributed by atoms with van der Waals surface area (Å²) in [6, 6.07) is 7.12. The topological polar surface area (TPSA) is 205 Å². The van der Waals surface area contributed by atoms with Gasteiger partial charge < -0.3 is 20.5 Å². The van der Waals surface area contributed by atoms with E-state index in [0.29, 0.717) is 30.9 Å². The molecule has 1 aliphatic carbocycles. The number of nitro groups is 2. The summed E-state index contributed by atoms with van der Waals surface area (Å²) in [5.74, 6) is 0.497. The van der Waals surface area contributed by atoms with Gasteiger partial charge in [0.15, 0.2) is 0 Å². The van der Waals surface area contributed by atoms with Crippen molar-refractivity contribution in [2.24, 2.45) is 5.92 Å². The molecule has 50 heavy (non-hydrogen) atoms. The second-order valence-electron chi connectivity index (χ2n) is 13.4. The average molecular weight is 712 g/mol. The van der Waals surface area contributed by atoms with Gasteiger partial charge in [-0.1, -0.05) is 38.2 Å². The van der Waals surface area contributed by atoms with Gasteiger partial charge in [0.1, 0.15) is 17.3 Å². The number of amides is 2. The first kappa shape index (κ1) is 38.2. The molecule has 0 saturated heterocycles. The van der Waals surface area contributed by atoms with Crippen molar-refractivity contribution in [3.05, 3.63) is 81.0 Å². The third-order valence-corrected chi connectivity index (χ3v) is 9.43. The van der Waals surface area contributed by atoms with Gasteiger partial charge in [0.2, 0.25) is 5.91 Å². The molecule has 1 saturated carbocycles. The number of ether oxygens (including phenoxy) is 1. The molecule has 16 heteroatoms.